The lowest BCUT2D eigenvalue weighted by Gasteiger charge is -2.08. The molecule has 4 N–H and O–H groups in total. The van der Waals surface area contributed by atoms with E-state index in [1.807, 2.05) is 0 Å². The van der Waals surface area contributed by atoms with E-state index in [0.717, 1.165) is 0 Å². The summed E-state index contributed by atoms with van der Waals surface area (Å²) < 4.78 is 16.1. The molecule has 0 aliphatic heterocycles. The first-order valence-electron chi connectivity index (χ1n) is 9.25. The van der Waals surface area contributed by atoms with Gasteiger partial charge in [0.05, 0.1) is 30.0 Å². The first-order chi connectivity index (χ1) is 14.9. The molecule has 2 aromatic carbocycles. The molecular formula is C20H17FN6O4. The van der Waals surface area contributed by atoms with E-state index >= 15 is 0 Å². The third-order valence-electron chi connectivity index (χ3n) is 4.68. The maximum atomic E-state index is 14.7. The van der Waals surface area contributed by atoms with Gasteiger partial charge in [-0.25, -0.2) is 4.39 Å². The van der Waals surface area contributed by atoms with Crippen LogP contribution in [0.3, 0.4) is 0 Å². The SMILES string of the molecule is O=C(O)CNC(=O)CNC(=O)Cn1ncc2c(-c3cc4[nH]ncc4cc3F)cccc21. The predicted molar refractivity (Wildman–Crippen MR) is 108 cm³/mol. The highest BCUT2D eigenvalue weighted by Crippen LogP contribution is 2.32. The fourth-order valence-corrected chi connectivity index (χ4v) is 3.24. The molecule has 158 valence electrons. The summed E-state index contributed by atoms with van der Waals surface area (Å²) >= 11 is 0. The molecule has 31 heavy (non-hydrogen) atoms. The third kappa shape index (κ3) is 4.20. The number of halogens is 1. The molecular weight excluding hydrogens is 407 g/mol. The molecule has 0 fully saturated rings. The Morgan fingerprint density at radius 1 is 1.06 bits per heavy atom. The Bertz CT molecular complexity index is 1310. The number of carboxylic acids is 1. The lowest BCUT2D eigenvalue weighted by molar-refractivity contribution is -0.137. The molecule has 2 aromatic heterocycles. The average molecular weight is 424 g/mol. The van der Waals surface area contributed by atoms with Gasteiger partial charge in [0.1, 0.15) is 18.9 Å². The number of carboxylic acid groups (broad SMARTS) is 1. The van der Waals surface area contributed by atoms with E-state index in [4.69, 9.17) is 5.11 Å². The predicted octanol–water partition coefficient (Wildman–Crippen LogP) is 1.04. The molecule has 0 bridgehead atoms. The highest BCUT2D eigenvalue weighted by atomic mass is 19.1. The number of nitrogens with zero attached hydrogens (tertiary/aromatic N) is 3. The van der Waals surface area contributed by atoms with Crippen LogP contribution in [0.2, 0.25) is 0 Å². The van der Waals surface area contributed by atoms with Crippen molar-refractivity contribution < 1.29 is 23.9 Å². The summed E-state index contributed by atoms with van der Waals surface area (Å²) in [5.41, 5.74) is 2.31. The summed E-state index contributed by atoms with van der Waals surface area (Å²) in [6, 6.07) is 8.34. The molecule has 0 aliphatic rings. The van der Waals surface area contributed by atoms with Crippen LogP contribution in [0.5, 0.6) is 0 Å². The van der Waals surface area contributed by atoms with Crippen molar-refractivity contribution in [2.75, 3.05) is 13.1 Å². The Hall–Kier alpha value is -4.28. The number of nitrogens with one attached hydrogen (secondary N) is 3. The van der Waals surface area contributed by atoms with Gasteiger partial charge in [0.2, 0.25) is 11.8 Å². The summed E-state index contributed by atoms with van der Waals surface area (Å²) in [6.45, 7) is -1.05. The number of hydrogen-bond acceptors (Lipinski definition) is 5. The number of aromatic nitrogens is 4. The van der Waals surface area contributed by atoms with Gasteiger partial charge in [-0.05, 0) is 23.8 Å². The quantitative estimate of drug-likeness (QED) is 0.349. The fraction of sp³-hybridized carbons (Fsp3) is 0.150. The summed E-state index contributed by atoms with van der Waals surface area (Å²) in [5.74, 6) is -2.68. The van der Waals surface area contributed by atoms with E-state index in [9.17, 15) is 18.8 Å². The summed E-state index contributed by atoms with van der Waals surface area (Å²) in [7, 11) is 0. The van der Waals surface area contributed by atoms with E-state index in [2.05, 4.69) is 25.9 Å². The largest absolute Gasteiger partial charge is 0.480 e. The molecule has 2 heterocycles. The molecule has 0 saturated heterocycles. The first-order valence-corrected chi connectivity index (χ1v) is 9.25. The minimum Gasteiger partial charge on any atom is -0.480 e. The van der Waals surface area contributed by atoms with E-state index in [1.54, 1.807) is 36.7 Å². The van der Waals surface area contributed by atoms with E-state index < -0.39 is 30.1 Å². The number of rotatable bonds is 7. The fourth-order valence-electron chi connectivity index (χ4n) is 3.24. The topological polar surface area (TPSA) is 142 Å². The van der Waals surface area contributed by atoms with Gasteiger partial charge in [0, 0.05) is 16.3 Å². The number of amides is 2. The number of fused-ring (bicyclic) bond motifs is 2. The van der Waals surface area contributed by atoms with Crippen molar-refractivity contribution in [2.24, 2.45) is 0 Å². The molecule has 0 aliphatic carbocycles. The van der Waals surface area contributed by atoms with Crippen molar-refractivity contribution in [3.8, 4) is 11.1 Å². The van der Waals surface area contributed by atoms with Crippen LogP contribution in [0.1, 0.15) is 0 Å². The Balaban J connectivity index is 1.53. The van der Waals surface area contributed by atoms with Crippen LogP contribution < -0.4 is 10.6 Å². The number of carbonyl (C=O) groups is 3. The molecule has 0 spiro atoms. The summed E-state index contributed by atoms with van der Waals surface area (Å²) in [6.07, 6.45) is 3.09. The maximum Gasteiger partial charge on any atom is 0.322 e. The van der Waals surface area contributed by atoms with Gasteiger partial charge in [-0.1, -0.05) is 12.1 Å². The van der Waals surface area contributed by atoms with Crippen LogP contribution >= 0.6 is 0 Å². The first kappa shape index (κ1) is 20.0. The van der Waals surface area contributed by atoms with Crippen molar-refractivity contribution in [3.63, 3.8) is 0 Å². The zero-order valence-corrected chi connectivity index (χ0v) is 16.1. The van der Waals surface area contributed by atoms with Crippen LogP contribution in [0, 0.1) is 5.82 Å². The van der Waals surface area contributed by atoms with Gasteiger partial charge >= 0.3 is 5.97 Å². The summed E-state index contributed by atoms with van der Waals surface area (Å²) in [5, 5.41) is 25.4. The Morgan fingerprint density at radius 2 is 1.87 bits per heavy atom. The molecule has 10 nitrogen and oxygen atoms in total. The zero-order valence-electron chi connectivity index (χ0n) is 16.1. The van der Waals surface area contributed by atoms with Crippen LogP contribution in [0.25, 0.3) is 32.9 Å². The monoisotopic (exact) mass is 424 g/mol. The highest BCUT2D eigenvalue weighted by Gasteiger charge is 2.15. The van der Waals surface area contributed by atoms with Gasteiger partial charge in [-0.15, -0.1) is 0 Å². The molecule has 11 heteroatoms. The third-order valence-corrected chi connectivity index (χ3v) is 4.68. The average Bonchev–Trinajstić information content (AvgIpc) is 3.36. The lowest BCUT2D eigenvalue weighted by atomic mass is 10.0. The van der Waals surface area contributed by atoms with Gasteiger partial charge in [-0.3, -0.25) is 24.2 Å². The normalized spacial score (nSPS) is 11.0. The van der Waals surface area contributed by atoms with Crippen LogP contribution in [-0.4, -0.2) is 56.0 Å². The van der Waals surface area contributed by atoms with Gasteiger partial charge in [-0.2, -0.15) is 10.2 Å². The number of benzene rings is 2. The lowest BCUT2D eigenvalue weighted by Crippen LogP contribution is -2.40. The van der Waals surface area contributed by atoms with E-state index in [1.165, 1.54) is 10.7 Å². The maximum absolute atomic E-state index is 14.7. The molecule has 0 radical (unpaired) electrons. The standard InChI is InChI=1S/C20H17FN6O4/c21-15-4-11-6-24-26-16(11)5-13(15)12-2-1-3-17-14(12)7-25-27(17)10-19(29)22-8-18(28)23-9-20(30)31/h1-7H,8-10H2,(H,22,29)(H,23,28)(H,24,26)(H,30,31). The Morgan fingerprint density at radius 3 is 2.68 bits per heavy atom. The van der Waals surface area contributed by atoms with Gasteiger partial charge < -0.3 is 15.7 Å². The smallest absolute Gasteiger partial charge is 0.322 e. The van der Waals surface area contributed by atoms with Crippen molar-refractivity contribution in [1.82, 2.24) is 30.6 Å². The Kier molecular flexibility index (Phi) is 5.31. The second-order valence-electron chi connectivity index (χ2n) is 6.78. The number of aliphatic carboxylic acids is 1. The molecule has 4 rings (SSSR count). The van der Waals surface area contributed by atoms with Crippen LogP contribution in [0.4, 0.5) is 4.39 Å². The van der Waals surface area contributed by atoms with Crippen LogP contribution in [-0.2, 0) is 20.9 Å². The van der Waals surface area contributed by atoms with E-state index in [0.29, 0.717) is 32.9 Å². The van der Waals surface area contributed by atoms with Crippen molar-refractivity contribution in [2.45, 2.75) is 6.54 Å². The second-order valence-corrected chi connectivity index (χ2v) is 6.78. The van der Waals surface area contributed by atoms with E-state index in [-0.39, 0.29) is 13.1 Å². The molecule has 0 unspecified atom stereocenters. The second kappa shape index (κ2) is 8.22. The number of aromatic amines is 1. The van der Waals surface area contributed by atoms with Crippen LogP contribution in [0.15, 0.2) is 42.7 Å². The number of H-pyrrole nitrogens is 1. The van der Waals surface area contributed by atoms with Crippen molar-refractivity contribution in [1.29, 1.82) is 0 Å². The van der Waals surface area contributed by atoms with Gasteiger partial charge in [0.15, 0.2) is 0 Å². The van der Waals surface area contributed by atoms with Crippen molar-refractivity contribution in [3.05, 3.63) is 48.5 Å². The highest BCUT2D eigenvalue weighted by molar-refractivity contribution is 5.97. The van der Waals surface area contributed by atoms with Crippen molar-refractivity contribution >= 4 is 39.6 Å². The number of hydrogen-bond donors (Lipinski definition) is 4. The molecule has 0 saturated carbocycles. The Labute approximate surface area is 174 Å². The number of carbonyl (C=O) groups excluding carboxylic acids is 2. The minimum atomic E-state index is -1.18. The molecule has 0 atom stereocenters. The summed E-state index contributed by atoms with van der Waals surface area (Å²) in [4.78, 5) is 34.1. The molecule has 4 aromatic rings. The zero-order chi connectivity index (χ0) is 22.0. The van der Waals surface area contributed by atoms with Gasteiger partial charge in [0.25, 0.3) is 0 Å². The minimum absolute atomic E-state index is 0.165. The molecule has 2 amide bonds.